The van der Waals surface area contributed by atoms with Gasteiger partial charge in [0.25, 0.3) is 0 Å². The molecule has 0 saturated carbocycles. The van der Waals surface area contributed by atoms with Crippen LogP contribution in [0.3, 0.4) is 0 Å². The predicted octanol–water partition coefficient (Wildman–Crippen LogP) is 3.80. The quantitative estimate of drug-likeness (QED) is 0.721. The maximum Gasteiger partial charge on any atom is 0.356 e. The minimum atomic E-state index is -0.507. The number of nitrogens with zero attached hydrogens (tertiary/aromatic N) is 2. The zero-order valence-corrected chi connectivity index (χ0v) is 13.0. The average molecular weight is 321 g/mol. The number of methoxy groups -OCH3 is 1. The number of para-hydroxylation sites is 1. The highest BCUT2D eigenvalue weighted by Crippen LogP contribution is 2.23. The van der Waals surface area contributed by atoms with Crippen LogP contribution in [0.5, 0.6) is 11.5 Å². The Kier molecular flexibility index (Phi) is 4.67. The summed E-state index contributed by atoms with van der Waals surface area (Å²) < 4.78 is 10.4. The van der Waals surface area contributed by atoms with Crippen LogP contribution >= 0.6 is 0 Å². The van der Waals surface area contributed by atoms with Crippen LogP contribution in [0.2, 0.25) is 0 Å². The Balaban J connectivity index is 1.69. The molecular weight excluding hydrogens is 306 g/mol. The minimum Gasteiger partial charge on any atom is -0.464 e. The van der Waals surface area contributed by atoms with Crippen LogP contribution in [0.1, 0.15) is 10.5 Å². The Morgan fingerprint density at radius 1 is 0.958 bits per heavy atom. The number of nitrogens with one attached hydrogen (secondary N) is 1. The minimum absolute atomic E-state index is 0.194. The van der Waals surface area contributed by atoms with E-state index in [1.54, 1.807) is 0 Å². The van der Waals surface area contributed by atoms with Crippen LogP contribution in [0.4, 0.5) is 11.5 Å². The Hall–Kier alpha value is -3.41. The second-order valence-electron chi connectivity index (χ2n) is 4.84. The van der Waals surface area contributed by atoms with Crippen LogP contribution in [-0.2, 0) is 4.74 Å². The molecule has 1 N–H and O–H groups in total. The number of hydrogen-bond donors (Lipinski definition) is 1. The molecule has 0 aliphatic rings. The molecule has 0 bridgehead atoms. The number of esters is 1. The van der Waals surface area contributed by atoms with E-state index in [9.17, 15) is 4.79 Å². The SMILES string of the molecule is COC(=O)c1cc(Nc2ccc(Oc3ccccc3)cc2)ncn1. The molecule has 0 spiro atoms. The first kappa shape index (κ1) is 15.5. The Bertz CT molecular complexity index is 820. The standard InChI is InChI=1S/C18H15N3O3/c1-23-18(22)16-11-17(20-12-19-16)21-13-7-9-15(10-8-13)24-14-5-3-2-4-6-14/h2-12H,1H3,(H,19,20,21). The highest BCUT2D eigenvalue weighted by Gasteiger charge is 2.08. The van der Waals surface area contributed by atoms with Crippen LogP contribution in [0.15, 0.2) is 67.0 Å². The van der Waals surface area contributed by atoms with Gasteiger partial charge in [-0.3, -0.25) is 0 Å². The molecule has 3 rings (SSSR count). The molecule has 3 aromatic rings. The summed E-state index contributed by atoms with van der Waals surface area (Å²) in [6.45, 7) is 0. The monoisotopic (exact) mass is 321 g/mol. The van der Waals surface area contributed by atoms with E-state index in [2.05, 4.69) is 20.0 Å². The van der Waals surface area contributed by atoms with Crippen molar-refractivity contribution in [2.75, 3.05) is 12.4 Å². The zero-order chi connectivity index (χ0) is 16.8. The van der Waals surface area contributed by atoms with Crippen LogP contribution < -0.4 is 10.1 Å². The first-order chi connectivity index (χ1) is 11.7. The van der Waals surface area contributed by atoms with Crippen molar-refractivity contribution in [3.8, 4) is 11.5 Å². The lowest BCUT2D eigenvalue weighted by Gasteiger charge is -2.08. The normalized spacial score (nSPS) is 10.0. The molecule has 0 atom stereocenters. The van der Waals surface area contributed by atoms with Crippen molar-refractivity contribution in [3.05, 3.63) is 72.7 Å². The van der Waals surface area contributed by atoms with Gasteiger partial charge in [0.05, 0.1) is 7.11 Å². The lowest BCUT2D eigenvalue weighted by Crippen LogP contribution is -2.05. The molecule has 0 saturated heterocycles. The molecule has 0 amide bonds. The molecule has 0 radical (unpaired) electrons. The van der Waals surface area contributed by atoms with Gasteiger partial charge >= 0.3 is 5.97 Å². The Morgan fingerprint density at radius 2 is 1.67 bits per heavy atom. The molecule has 0 aliphatic heterocycles. The molecule has 24 heavy (non-hydrogen) atoms. The van der Waals surface area contributed by atoms with E-state index in [-0.39, 0.29) is 5.69 Å². The third-order valence-electron chi connectivity index (χ3n) is 3.17. The molecule has 120 valence electrons. The van der Waals surface area contributed by atoms with Crippen molar-refractivity contribution < 1.29 is 14.3 Å². The van der Waals surface area contributed by atoms with Crippen LogP contribution in [0.25, 0.3) is 0 Å². The van der Waals surface area contributed by atoms with E-state index >= 15 is 0 Å². The third-order valence-corrected chi connectivity index (χ3v) is 3.17. The van der Waals surface area contributed by atoms with Crippen LogP contribution in [0, 0.1) is 0 Å². The molecule has 6 heteroatoms. The molecule has 0 fully saturated rings. The van der Waals surface area contributed by atoms with E-state index in [0.717, 1.165) is 17.2 Å². The number of aromatic nitrogens is 2. The maximum atomic E-state index is 11.5. The fraction of sp³-hybridized carbons (Fsp3) is 0.0556. The largest absolute Gasteiger partial charge is 0.464 e. The Labute approximate surface area is 139 Å². The summed E-state index contributed by atoms with van der Waals surface area (Å²) >= 11 is 0. The average Bonchev–Trinajstić information content (AvgIpc) is 2.64. The summed E-state index contributed by atoms with van der Waals surface area (Å²) in [4.78, 5) is 19.4. The van der Waals surface area contributed by atoms with Crippen molar-refractivity contribution in [2.24, 2.45) is 0 Å². The predicted molar refractivity (Wildman–Crippen MR) is 89.6 cm³/mol. The molecule has 2 aromatic carbocycles. The summed E-state index contributed by atoms with van der Waals surface area (Å²) in [5, 5.41) is 3.10. The fourth-order valence-electron chi connectivity index (χ4n) is 2.02. The lowest BCUT2D eigenvalue weighted by atomic mass is 10.3. The second kappa shape index (κ2) is 7.23. The van der Waals surface area contributed by atoms with E-state index < -0.39 is 5.97 Å². The second-order valence-corrected chi connectivity index (χ2v) is 4.84. The van der Waals surface area contributed by atoms with Gasteiger partial charge in [-0.25, -0.2) is 14.8 Å². The van der Waals surface area contributed by atoms with Gasteiger partial charge in [0.15, 0.2) is 5.69 Å². The van der Waals surface area contributed by atoms with Crippen molar-refractivity contribution >= 4 is 17.5 Å². The zero-order valence-electron chi connectivity index (χ0n) is 13.0. The van der Waals surface area contributed by atoms with E-state index in [0.29, 0.717) is 5.82 Å². The van der Waals surface area contributed by atoms with Crippen molar-refractivity contribution in [3.63, 3.8) is 0 Å². The molecule has 0 aliphatic carbocycles. The van der Waals surface area contributed by atoms with Crippen molar-refractivity contribution in [2.45, 2.75) is 0 Å². The van der Waals surface area contributed by atoms with Crippen molar-refractivity contribution in [1.82, 2.24) is 9.97 Å². The third kappa shape index (κ3) is 3.86. The van der Waals surface area contributed by atoms with Gasteiger partial charge in [-0.2, -0.15) is 0 Å². The topological polar surface area (TPSA) is 73.3 Å². The highest BCUT2D eigenvalue weighted by atomic mass is 16.5. The number of rotatable bonds is 5. The van der Waals surface area contributed by atoms with Gasteiger partial charge in [-0.05, 0) is 36.4 Å². The summed E-state index contributed by atoms with van der Waals surface area (Å²) in [5.41, 5.74) is 1.00. The van der Waals surface area contributed by atoms with E-state index in [1.807, 2.05) is 54.6 Å². The van der Waals surface area contributed by atoms with Gasteiger partial charge in [0.1, 0.15) is 23.6 Å². The maximum absolute atomic E-state index is 11.5. The number of anilines is 2. The number of carbonyl (C=O) groups is 1. The summed E-state index contributed by atoms with van der Waals surface area (Å²) in [7, 11) is 1.31. The number of hydrogen-bond acceptors (Lipinski definition) is 6. The summed E-state index contributed by atoms with van der Waals surface area (Å²) in [5.74, 6) is 1.50. The highest BCUT2D eigenvalue weighted by molar-refractivity contribution is 5.88. The van der Waals surface area contributed by atoms with Gasteiger partial charge in [0, 0.05) is 11.8 Å². The van der Waals surface area contributed by atoms with Crippen molar-refractivity contribution in [1.29, 1.82) is 0 Å². The van der Waals surface area contributed by atoms with Crippen LogP contribution in [-0.4, -0.2) is 23.0 Å². The first-order valence-corrected chi connectivity index (χ1v) is 7.25. The van der Waals surface area contributed by atoms with Gasteiger partial charge in [-0.1, -0.05) is 18.2 Å². The molecular formula is C18H15N3O3. The molecule has 6 nitrogen and oxygen atoms in total. The summed E-state index contributed by atoms with van der Waals surface area (Å²) in [6.07, 6.45) is 1.31. The number of benzene rings is 2. The molecule has 0 unspecified atom stereocenters. The fourth-order valence-corrected chi connectivity index (χ4v) is 2.02. The number of carbonyl (C=O) groups excluding carboxylic acids is 1. The van der Waals surface area contributed by atoms with E-state index in [1.165, 1.54) is 19.5 Å². The number of ether oxygens (including phenoxy) is 2. The summed E-state index contributed by atoms with van der Waals surface area (Å²) in [6, 6.07) is 18.5. The first-order valence-electron chi connectivity index (χ1n) is 7.25. The molecule has 1 heterocycles. The van der Waals surface area contributed by atoms with E-state index in [4.69, 9.17) is 4.74 Å². The van der Waals surface area contributed by atoms with Gasteiger partial charge in [-0.15, -0.1) is 0 Å². The molecule has 1 aromatic heterocycles. The lowest BCUT2D eigenvalue weighted by molar-refractivity contribution is 0.0594. The van der Waals surface area contributed by atoms with Gasteiger partial charge in [0.2, 0.25) is 0 Å². The Morgan fingerprint density at radius 3 is 2.38 bits per heavy atom. The van der Waals surface area contributed by atoms with Gasteiger partial charge < -0.3 is 14.8 Å². The smallest absolute Gasteiger partial charge is 0.356 e.